The van der Waals surface area contributed by atoms with Crippen molar-refractivity contribution in [3.05, 3.63) is 65.9 Å². The van der Waals surface area contributed by atoms with E-state index < -0.39 is 0 Å². The summed E-state index contributed by atoms with van der Waals surface area (Å²) in [4.78, 5) is 27.6. The average Bonchev–Trinajstić information content (AvgIpc) is 3.16. The molecule has 0 fully saturated rings. The summed E-state index contributed by atoms with van der Waals surface area (Å²) in [6, 6.07) is 15.9. The summed E-state index contributed by atoms with van der Waals surface area (Å²) in [6.07, 6.45) is 2.25. The van der Waals surface area contributed by atoms with E-state index in [9.17, 15) is 9.59 Å². The van der Waals surface area contributed by atoms with E-state index in [0.29, 0.717) is 6.54 Å². The molecule has 0 unspecified atom stereocenters. The topological polar surface area (TPSA) is 80.4 Å². The van der Waals surface area contributed by atoms with Crippen LogP contribution in [-0.2, 0) is 14.3 Å². The lowest BCUT2D eigenvalue weighted by Gasteiger charge is -2.19. The van der Waals surface area contributed by atoms with Gasteiger partial charge in [0.15, 0.2) is 6.61 Å². The Kier molecular flexibility index (Phi) is 7.00. The smallest absolute Gasteiger partial charge is 0.306 e. The average molecular weight is 423 g/mol. The van der Waals surface area contributed by atoms with Crippen LogP contribution in [0.1, 0.15) is 44.2 Å². The molecule has 2 aromatic carbocycles. The summed E-state index contributed by atoms with van der Waals surface area (Å²) in [5.41, 5.74) is 3.00. The fourth-order valence-corrected chi connectivity index (χ4v) is 3.52. The van der Waals surface area contributed by atoms with Crippen LogP contribution in [0.4, 0.5) is 0 Å². The largest absolute Gasteiger partial charge is 0.497 e. The molecule has 0 saturated carbocycles. The first-order valence-electron chi connectivity index (χ1n) is 10.4. The molecule has 3 rings (SSSR count). The molecule has 0 saturated heterocycles. The SMILES string of the molecule is COc1ccc([C@@H](CNC(=O)COC(=O)CC(C)(C)C)c2c[nH]c3ccccc23)cc1. The Morgan fingerprint density at radius 2 is 1.77 bits per heavy atom. The first-order valence-corrected chi connectivity index (χ1v) is 10.4. The highest BCUT2D eigenvalue weighted by molar-refractivity contribution is 5.84. The van der Waals surface area contributed by atoms with Crippen LogP contribution in [0.5, 0.6) is 5.75 Å². The van der Waals surface area contributed by atoms with Crippen molar-refractivity contribution in [3.8, 4) is 5.75 Å². The van der Waals surface area contributed by atoms with Gasteiger partial charge in [-0.1, -0.05) is 51.1 Å². The van der Waals surface area contributed by atoms with E-state index in [4.69, 9.17) is 9.47 Å². The van der Waals surface area contributed by atoms with E-state index in [1.54, 1.807) is 7.11 Å². The summed E-state index contributed by atoms with van der Waals surface area (Å²) in [5.74, 6) is 0.0131. The second-order valence-corrected chi connectivity index (χ2v) is 8.82. The minimum atomic E-state index is -0.369. The summed E-state index contributed by atoms with van der Waals surface area (Å²) in [5, 5.41) is 4.03. The summed E-state index contributed by atoms with van der Waals surface area (Å²) >= 11 is 0. The number of hydrogen-bond donors (Lipinski definition) is 2. The van der Waals surface area contributed by atoms with Crippen LogP contribution in [-0.4, -0.2) is 37.1 Å². The van der Waals surface area contributed by atoms with Gasteiger partial charge in [0.2, 0.25) is 0 Å². The fraction of sp³-hybridized carbons (Fsp3) is 0.360. The van der Waals surface area contributed by atoms with E-state index in [0.717, 1.165) is 27.8 Å². The molecule has 6 nitrogen and oxygen atoms in total. The number of methoxy groups -OCH3 is 1. The lowest BCUT2D eigenvalue weighted by Crippen LogP contribution is -2.33. The van der Waals surface area contributed by atoms with Gasteiger partial charge < -0.3 is 19.8 Å². The second kappa shape index (κ2) is 9.69. The monoisotopic (exact) mass is 422 g/mol. The Balaban J connectivity index is 1.73. The van der Waals surface area contributed by atoms with Crippen molar-refractivity contribution in [1.82, 2.24) is 10.3 Å². The van der Waals surface area contributed by atoms with Crippen LogP contribution >= 0.6 is 0 Å². The van der Waals surface area contributed by atoms with Crippen molar-refractivity contribution in [3.63, 3.8) is 0 Å². The first-order chi connectivity index (χ1) is 14.8. The highest BCUT2D eigenvalue weighted by atomic mass is 16.5. The highest BCUT2D eigenvalue weighted by Crippen LogP contribution is 2.31. The molecular formula is C25H30N2O4. The predicted molar refractivity (Wildman–Crippen MR) is 121 cm³/mol. The van der Waals surface area contributed by atoms with Crippen molar-refractivity contribution in [2.75, 3.05) is 20.3 Å². The van der Waals surface area contributed by atoms with Gasteiger partial charge in [-0.3, -0.25) is 9.59 Å². The number of ether oxygens (including phenoxy) is 2. The van der Waals surface area contributed by atoms with Gasteiger partial charge in [-0.15, -0.1) is 0 Å². The van der Waals surface area contributed by atoms with Crippen LogP contribution in [0.15, 0.2) is 54.7 Å². The standard InChI is InChI=1S/C25H30N2O4/c1-25(2,3)13-24(29)31-16-23(28)27-14-20(17-9-11-18(30-4)12-10-17)21-15-26-22-8-6-5-7-19(21)22/h5-12,15,20,26H,13-14,16H2,1-4H3,(H,27,28)/t20-/m1/s1. The molecule has 1 atom stereocenters. The van der Waals surface area contributed by atoms with Crippen molar-refractivity contribution >= 4 is 22.8 Å². The third-order valence-corrected chi connectivity index (χ3v) is 5.06. The number of carbonyl (C=O) groups excluding carboxylic acids is 2. The molecule has 3 aromatic rings. The predicted octanol–water partition coefficient (Wildman–Crippen LogP) is 4.40. The number of amides is 1. The molecule has 31 heavy (non-hydrogen) atoms. The molecule has 0 aliphatic carbocycles. The second-order valence-electron chi connectivity index (χ2n) is 8.82. The minimum absolute atomic E-state index is 0.0729. The third-order valence-electron chi connectivity index (χ3n) is 5.06. The number of para-hydroxylation sites is 1. The summed E-state index contributed by atoms with van der Waals surface area (Å²) in [7, 11) is 1.63. The lowest BCUT2D eigenvalue weighted by molar-refractivity contribution is -0.150. The van der Waals surface area contributed by atoms with E-state index in [-0.39, 0.29) is 36.2 Å². The van der Waals surface area contributed by atoms with Crippen LogP contribution in [0, 0.1) is 5.41 Å². The number of fused-ring (bicyclic) bond motifs is 1. The molecule has 6 heteroatoms. The molecule has 1 amide bonds. The maximum absolute atomic E-state index is 12.4. The van der Waals surface area contributed by atoms with Crippen molar-refractivity contribution in [2.45, 2.75) is 33.1 Å². The molecule has 1 heterocycles. The third kappa shape index (κ3) is 6.10. The molecule has 164 valence electrons. The Hall–Kier alpha value is -3.28. The van der Waals surface area contributed by atoms with Gasteiger partial charge in [-0.2, -0.15) is 0 Å². The number of aromatic nitrogens is 1. The first kappa shape index (κ1) is 22.4. The zero-order chi connectivity index (χ0) is 22.4. The Bertz CT molecular complexity index is 1030. The van der Waals surface area contributed by atoms with Crippen molar-refractivity contribution < 1.29 is 19.1 Å². The van der Waals surface area contributed by atoms with Gasteiger partial charge in [0.1, 0.15) is 5.75 Å². The maximum Gasteiger partial charge on any atom is 0.306 e. The van der Waals surface area contributed by atoms with Gasteiger partial charge in [0, 0.05) is 29.6 Å². The fourth-order valence-electron chi connectivity index (χ4n) is 3.52. The number of benzene rings is 2. The van der Waals surface area contributed by atoms with E-state index >= 15 is 0 Å². The molecule has 0 aliphatic heterocycles. The van der Waals surface area contributed by atoms with E-state index in [1.165, 1.54) is 0 Å². The molecule has 2 N–H and O–H groups in total. The van der Waals surface area contributed by atoms with Gasteiger partial charge in [0.05, 0.1) is 13.5 Å². The van der Waals surface area contributed by atoms with E-state index in [1.807, 2.05) is 69.4 Å². The molecule has 0 aliphatic rings. The zero-order valence-corrected chi connectivity index (χ0v) is 18.5. The van der Waals surface area contributed by atoms with Crippen LogP contribution in [0.3, 0.4) is 0 Å². The molecule has 0 bridgehead atoms. The van der Waals surface area contributed by atoms with Gasteiger partial charge in [0.25, 0.3) is 5.91 Å². The number of nitrogens with one attached hydrogen (secondary N) is 2. The lowest BCUT2D eigenvalue weighted by atomic mass is 9.91. The normalized spacial score (nSPS) is 12.4. The summed E-state index contributed by atoms with van der Waals surface area (Å²) < 4.78 is 10.4. The molecular weight excluding hydrogens is 392 g/mol. The number of hydrogen-bond acceptors (Lipinski definition) is 4. The molecule has 0 radical (unpaired) electrons. The van der Waals surface area contributed by atoms with Gasteiger partial charge in [-0.25, -0.2) is 0 Å². The van der Waals surface area contributed by atoms with Crippen molar-refractivity contribution in [1.29, 1.82) is 0 Å². The quantitative estimate of drug-likeness (QED) is 0.527. The molecule has 1 aromatic heterocycles. The maximum atomic E-state index is 12.4. The minimum Gasteiger partial charge on any atom is -0.497 e. The van der Waals surface area contributed by atoms with E-state index in [2.05, 4.69) is 16.4 Å². The Labute approximate surface area is 182 Å². The highest BCUT2D eigenvalue weighted by Gasteiger charge is 2.21. The number of aromatic amines is 1. The number of rotatable bonds is 8. The van der Waals surface area contributed by atoms with Gasteiger partial charge in [-0.05, 0) is 34.7 Å². The van der Waals surface area contributed by atoms with Crippen LogP contribution in [0.25, 0.3) is 10.9 Å². The van der Waals surface area contributed by atoms with Gasteiger partial charge >= 0.3 is 5.97 Å². The number of carbonyl (C=O) groups is 2. The van der Waals surface area contributed by atoms with Crippen LogP contribution in [0.2, 0.25) is 0 Å². The Morgan fingerprint density at radius 1 is 1.06 bits per heavy atom. The number of H-pyrrole nitrogens is 1. The zero-order valence-electron chi connectivity index (χ0n) is 18.5. The number of esters is 1. The summed E-state index contributed by atoms with van der Waals surface area (Å²) in [6.45, 7) is 5.96. The van der Waals surface area contributed by atoms with Crippen LogP contribution < -0.4 is 10.1 Å². The Morgan fingerprint density at radius 3 is 2.45 bits per heavy atom. The van der Waals surface area contributed by atoms with Crippen molar-refractivity contribution in [2.24, 2.45) is 5.41 Å². The molecule has 0 spiro atoms.